The third-order valence-electron chi connectivity index (χ3n) is 5.84. The smallest absolute Gasteiger partial charge is 0.0433 e. The average molecular weight is 428 g/mol. The summed E-state index contributed by atoms with van der Waals surface area (Å²) in [7, 11) is 0. The molecule has 0 spiro atoms. The zero-order valence-electron chi connectivity index (χ0n) is 17.5. The summed E-state index contributed by atoms with van der Waals surface area (Å²) in [6.45, 7) is 0. The Morgan fingerprint density at radius 2 is 1.12 bits per heavy atom. The summed E-state index contributed by atoms with van der Waals surface area (Å²) in [5.74, 6) is 0. The number of benzene rings is 5. The van der Waals surface area contributed by atoms with E-state index in [0.717, 1.165) is 11.4 Å². The van der Waals surface area contributed by atoms with Gasteiger partial charge in [-0.1, -0.05) is 84.9 Å². The summed E-state index contributed by atoms with van der Waals surface area (Å²) >= 11 is 1.88. The first-order valence-corrected chi connectivity index (χ1v) is 11.6. The first kappa shape index (κ1) is 18.9. The predicted molar refractivity (Wildman–Crippen MR) is 140 cm³/mol. The Hall–Kier alpha value is -3.88. The second kappa shape index (κ2) is 7.99. The van der Waals surface area contributed by atoms with Crippen LogP contribution < -0.4 is 5.32 Å². The maximum Gasteiger partial charge on any atom is 0.0433 e. The predicted octanol–water partition coefficient (Wildman–Crippen LogP) is 9.13. The summed E-state index contributed by atoms with van der Waals surface area (Å²) in [6, 6.07) is 43.1. The van der Waals surface area contributed by atoms with Gasteiger partial charge in [0.1, 0.15) is 0 Å². The molecule has 0 unspecified atom stereocenters. The second-order valence-electron chi connectivity index (χ2n) is 7.93. The number of nitrogens with one attached hydrogen (secondary N) is 1. The number of hydrogen-bond acceptors (Lipinski definition) is 2. The maximum absolute atomic E-state index is 3.50. The zero-order valence-corrected chi connectivity index (χ0v) is 18.3. The molecule has 0 atom stereocenters. The molecule has 152 valence electrons. The van der Waals surface area contributed by atoms with E-state index in [4.69, 9.17) is 0 Å². The standard InChI is InChI=1S/C30H21NS/c1-2-12-24(13-3-1)31-25-14-7-10-22(20-25)21-9-6-11-23(19-21)26-16-8-17-28-27-15-4-5-18-29(27)32-30(26)28/h1-20,31H. The zero-order chi connectivity index (χ0) is 21.3. The van der Waals surface area contributed by atoms with Crippen LogP contribution in [0.3, 0.4) is 0 Å². The second-order valence-corrected chi connectivity index (χ2v) is 8.99. The highest BCUT2D eigenvalue weighted by Gasteiger charge is 2.11. The Labute approximate surface area is 191 Å². The van der Waals surface area contributed by atoms with Crippen LogP contribution >= 0.6 is 11.3 Å². The SMILES string of the molecule is c1ccc(Nc2cccc(-c3cccc(-c4cccc5c4sc4ccccc45)c3)c2)cc1. The molecular weight excluding hydrogens is 406 g/mol. The monoisotopic (exact) mass is 427 g/mol. The van der Waals surface area contributed by atoms with E-state index >= 15 is 0 Å². The van der Waals surface area contributed by atoms with Crippen LogP contribution in [-0.2, 0) is 0 Å². The van der Waals surface area contributed by atoms with Crippen LogP contribution in [-0.4, -0.2) is 0 Å². The number of para-hydroxylation sites is 1. The van der Waals surface area contributed by atoms with Crippen LogP contribution in [0, 0.1) is 0 Å². The van der Waals surface area contributed by atoms with E-state index < -0.39 is 0 Å². The van der Waals surface area contributed by atoms with Gasteiger partial charge in [0.05, 0.1) is 0 Å². The minimum Gasteiger partial charge on any atom is -0.356 e. The summed E-state index contributed by atoms with van der Waals surface area (Å²) in [5, 5.41) is 6.17. The Morgan fingerprint density at radius 1 is 0.469 bits per heavy atom. The third-order valence-corrected chi connectivity index (χ3v) is 7.06. The van der Waals surface area contributed by atoms with Crippen molar-refractivity contribution in [3.8, 4) is 22.3 Å². The summed E-state index contributed by atoms with van der Waals surface area (Å²) in [4.78, 5) is 0. The van der Waals surface area contributed by atoms with Crippen molar-refractivity contribution in [2.24, 2.45) is 0 Å². The molecule has 0 fully saturated rings. The van der Waals surface area contributed by atoms with E-state index in [1.165, 1.54) is 42.4 Å². The van der Waals surface area contributed by atoms with Crippen LogP contribution in [0.4, 0.5) is 11.4 Å². The van der Waals surface area contributed by atoms with E-state index in [-0.39, 0.29) is 0 Å². The molecule has 1 nitrogen and oxygen atoms in total. The van der Waals surface area contributed by atoms with Gasteiger partial charge in [-0.05, 0) is 58.7 Å². The van der Waals surface area contributed by atoms with Crippen molar-refractivity contribution < 1.29 is 0 Å². The van der Waals surface area contributed by atoms with Gasteiger partial charge in [-0.3, -0.25) is 0 Å². The fourth-order valence-electron chi connectivity index (χ4n) is 4.31. The van der Waals surface area contributed by atoms with Gasteiger partial charge in [-0.15, -0.1) is 11.3 Å². The first-order chi connectivity index (χ1) is 15.8. The van der Waals surface area contributed by atoms with Gasteiger partial charge >= 0.3 is 0 Å². The topological polar surface area (TPSA) is 12.0 Å². The van der Waals surface area contributed by atoms with Crippen molar-refractivity contribution in [1.82, 2.24) is 0 Å². The lowest BCUT2D eigenvalue weighted by molar-refractivity contribution is 1.54. The van der Waals surface area contributed by atoms with Crippen molar-refractivity contribution in [2.75, 3.05) is 5.32 Å². The molecule has 6 aromatic rings. The van der Waals surface area contributed by atoms with Gasteiger partial charge in [-0.2, -0.15) is 0 Å². The lowest BCUT2D eigenvalue weighted by Crippen LogP contribution is -1.90. The van der Waals surface area contributed by atoms with Gasteiger partial charge in [-0.25, -0.2) is 0 Å². The lowest BCUT2D eigenvalue weighted by Gasteiger charge is -2.10. The van der Waals surface area contributed by atoms with E-state index in [2.05, 4.69) is 108 Å². The minimum absolute atomic E-state index is 1.09. The van der Waals surface area contributed by atoms with E-state index in [0.29, 0.717) is 0 Å². The van der Waals surface area contributed by atoms with Crippen LogP contribution in [0.15, 0.2) is 121 Å². The van der Waals surface area contributed by atoms with Gasteiger partial charge in [0.2, 0.25) is 0 Å². The molecule has 0 saturated carbocycles. The van der Waals surface area contributed by atoms with Gasteiger partial charge in [0.25, 0.3) is 0 Å². The Balaban J connectivity index is 1.41. The number of anilines is 2. The minimum atomic E-state index is 1.09. The first-order valence-electron chi connectivity index (χ1n) is 10.8. The molecule has 2 heteroatoms. The summed E-state index contributed by atoms with van der Waals surface area (Å²) in [5.41, 5.74) is 7.15. The fraction of sp³-hybridized carbons (Fsp3) is 0. The highest BCUT2D eigenvalue weighted by molar-refractivity contribution is 7.26. The van der Waals surface area contributed by atoms with Crippen molar-refractivity contribution in [1.29, 1.82) is 0 Å². The highest BCUT2D eigenvalue weighted by atomic mass is 32.1. The molecule has 1 N–H and O–H groups in total. The van der Waals surface area contributed by atoms with Crippen LogP contribution in [0.1, 0.15) is 0 Å². The van der Waals surface area contributed by atoms with Crippen molar-refractivity contribution >= 4 is 42.9 Å². The van der Waals surface area contributed by atoms with Crippen LogP contribution in [0.5, 0.6) is 0 Å². The summed E-state index contributed by atoms with van der Waals surface area (Å²) < 4.78 is 2.69. The van der Waals surface area contributed by atoms with Crippen LogP contribution in [0.25, 0.3) is 42.4 Å². The Kier molecular flexibility index (Phi) is 4.71. The van der Waals surface area contributed by atoms with E-state index in [9.17, 15) is 0 Å². The molecule has 0 aliphatic rings. The molecule has 1 aromatic heterocycles. The summed E-state index contributed by atoms with van der Waals surface area (Å²) in [6.07, 6.45) is 0. The van der Waals surface area contributed by atoms with Crippen molar-refractivity contribution in [3.63, 3.8) is 0 Å². The molecule has 0 bridgehead atoms. The molecule has 0 amide bonds. The molecule has 1 heterocycles. The average Bonchev–Trinajstić information content (AvgIpc) is 3.24. The van der Waals surface area contributed by atoms with E-state index in [1.807, 2.05) is 29.5 Å². The molecule has 0 saturated heterocycles. The van der Waals surface area contributed by atoms with E-state index in [1.54, 1.807) is 0 Å². The molecule has 0 aliphatic heterocycles. The highest BCUT2D eigenvalue weighted by Crippen LogP contribution is 2.40. The molecule has 6 rings (SSSR count). The van der Waals surface area contributed by atoms with Gasteiger partial charge in [0, 0.05) is 31.5 Å². The van der Waals surface area contributed by atoms with Crippen molar-refractivity contribution in [3.05, 3.63) is 121 Å². The number of hydrogen-bond donors (Lipinski definition) is 1. The van der Waals surface area contributed by atoms with Gasteiger partial charge in [0.15, 0.2) is 0 Å². The lowest BCUT2D eigenvalue weighted by atomic mass is 9.97. The van der Waals surface area contributed by atoms with Crippen LogP contribution in [0.2, 0.25) is 0 Å². The number of rotatable bonds is 4. The molecular formula is C30H21NS. The number of fused-ring (bicyclic) bond motifs is 3. The quantitative estimate of drug-likeness (QED) is 0.296. The van der Waals surface area contributed by atoms with Crippen molar-refractivity contribution in [2.45, 2.75) is 0 Å². The molecule has 0 radical (unpaired) electrons. The maximum atomic E-state index is 3.50. The largest absolute Gasteiger partial charge is 0.356 e. The molecule has 32 heavy (non-hydrogen) atoms. The fourth-order valence-corrected chi connectivity index (χ4v) is 5.54. The Morgan fingerprint density at radius 3 is 2.03 bits per heavy atom. The molecule has 0 aliphatic carbocycles. The molecule has 5 aromatic carbocycles. The third kappa shape index (κ3) is 3.45. The van der Waals surface area contributed by atoms with Gasteiger partial charge < -0.3 is 5.32 Å². The normalized spacial score (nSPS) is 11.1. The number of thiophene rings is 1. The Bertz CT molecular complexity index is 1550.